The third kappa shape index (κ3) is 4.40. The summed E-state index contributed by atoms with van der Waals surface area (Å²) in [5, 5.41) is 1.69. The van der Waals surface area contributed by atoms with Gasteiger partial charge in [0, 0.05) is 53.0 Å². The Bertz CT molecular complexity index is 3350. The molecule has 10 aromatic rings. The number of hydrogen-bond acceptors (Lipinski definition) is 5. The van der Waals surface area contributed by atoms with Gasteiger partial charge in [0.05, 0.1) is 12.3 Å². The van der Waals surface area contributed by atoms with Gasteiger partial charge in [0.15, 0.2) is 17.5 Å². The fourth-order valence-corrected chi connectivity index (χ4v) is 7.20. The van der Waals surface area contributed by atoms with Gasteiger partial charge in [0.1, 0.15) is 11.2 Å². The summed E-state index contributed by atoms with van der Waals surface area (Å²) in [6.07, 6.45) is 0. The van der Waals surface area contributed by atoms with Crippen molar-refractivity contribution in [3.63, 3.8) is 0 Å². The average Bonchev–Trinajstić information content (AvgIpc) is 3.82. The number of aromatic nitrogens is 3. The molecule has 0 atom stereocenters. The second kappa shape index (κ2) is 10.7. The number of furan rings is 1. The Labute approximate surface area is 292 Å². The van der Waals surface area contributed by atoms with Crippen LogP contribution in [0.15, 0.2) is 156 Å². The van der Waals surface area contributed by atoms with E-state index in [0.29, 0.717) is 11.1 Å². The van der Waals surface area contributed by atoms with Gasteiger partial charge in [0.25, 0.3) is 0 Å². The smallest absolute Gasteiger partial charge is 0.164 e. The minimum Gasteiger partial charge on any atom is -0.455 e. The van der Waals surface area contributed by atoms with E-state index in [4.69, 9.17) is 27.6 Å². The lowest BCUT2D eigenvalue weighted by Gasteiger charge is -2.08. The molecule has 5 heteroatoms. The zero-order valence-corrected chi connectivity index (χ0v) is 25.7. The van der Waals surface area contributed by atoms with Gasteiger partial charge < -0.3 is 4.42 Å². The molecule has 0 aliphatic heterocycles. The van der Waals surface area contributed by atoms with Crippen LogP contribution in [0.4, 0.5) is 0 Å². The molecule has 0 saturated heterocycles. The monoisotopic (exact) mass is 640 g/mol. The van der Waals surface area contributed by atoms with Crippen LogP contribution >= 0.6 is 11.3 Å². The van der Waals surface area contributed by atoms with Crippen molar-refractivity contribution in [2.24, 2.45) is 0 Å². The summed E-state index contributed by atoms with van der Waals surface area (Å²) < 4.78 is 87.3. The van der Waals surface area contributed by atoms with Crippen molar-refractivity contribution in [3.05, 3.63) is 151 Å². The lowest BCUT2D eigenvalue weighted by molar-refractivity contribution is 0.673. The molecule has 3 heterocycles. The number of hydrogen-bond donors (Lipinski definition) is 0. The van der Waals surface area contributed by atoms with E-state index in [1.165, 1.54) is 0 Å². The Morgan fingerprint density at radius 3 is 2.02 bits per heavy atom. The van der Waals surface area contributed by atoms with Gasteiger partial charge in [-0.1, -0.05) is 115 Å². The maximum atomic E-state index is 9.40. The molecule has 3 aromatic heterocycles. The van der Waals surface area contributed by atoms with Crippen LogP contribution in [-0.4, -0.2) is 15.0 Å². The number of nitrogens with zero attached hydrogens (tertiary/aromatic N) is 3. The topological polar surface area (TPSA) is 51.8 Å². The average molecular weight is 641 g/mol. The van der Waals surface area contributed by atoms with Crippen molar-refractivity contribution in [2.45, 2.75) is 0 Å². The predicted molar refractivity (Wildman–Crippen MR) is 199 cm³/mol. The molecule has 0 aliphatic carbocycles. The Kier molecular flexibility index (Phi) is 4.34. The molecule has 0 N–H and O–H groups in total. The third-order valence-electron chi connectivity index (χ3n) is 8.41. The lowest BCUT2D eigenvalue weighted by Crippen LogP contribution is -2.00. The SMILES string of the molecule is [2H]c1c([2H])c([2H])c2c(c1[2H])c([2H])c([2H])c1c2oc2c([2H])c(-c3nc(-c4ccccc4)nc(-c4ccc5c(c4)sc4ccc(-c6ccccc6)cc45)n3)c([2H])c([2H])c21. The Morgan fingerprint density at radius 1 is 0.479 bits per heavy atom. The highest BCUT2D eigenvalue weighted by molar-refractivity contribution is 7.25. The van der Waals surface area contributed by atoms with Gasteiger partial charge in [-0.2, -0.15) is 0 Å². The van der Waals surface area contributed by atoms with Crippen molar-refractivity contribution < 1.29 is 16.8 Å². The number of rotatable bonds is 4. The third-order valence-corrected chi connectivity index (χ3v) is 9.55. The zero-order chi connectivity index (χ0) is 39.4. The second-order valence-electron chi connectivity index (χ2n) is 11.3. The highest BCUT2D eigenvalue weighted by atomic mass is 32.1. The van der Waals surface area contributed by atoms with Crippen molar-refractivity contribution in [3.8, 4) is 45.3 Å². The first-order valence-electron chi connectivity index (χ1n) is 19.7. The fourth-order valence-electron chi connectivity index (χ4n) is 6.08. The lowest BCUT2D eigenvalue weighted by atomic mass is 10.0. The van der Waals surface area contributed by atoms with Gasteiger partial charge in [-0.25, -0.2) is 15.0 Å². The second-order valence-corrected chi connectivity index (χ2v) is 12.4. The fraction of sp³-hybridized carbons (Fsp3) is 0. The molecule has 10 rings (SSSR count). The van der Waals surface area contributed by atoms with Crippen LogP contribution in [0.1, 0.15) is 12.3 Å². The van der Waals surface area contributed by atoms with Crippen LogP contribution in [-0.2, 0) is 0 Å². The molecular formula is C43H25N3OS. The van der Waals surface area contributed by atoms with Crippen LogP contribution in [0.2, 0.25) is 0 Å². The van der Waals surface area contributed by atoms with Gasteiger partial charge in [-0.05, 0) is 52.8 Å². The van der Waals surface area contributed by atoms with E-state index in [1.807, 2.05) is 66.7 Å². The minimum absolute atomic E-state index is 0.0484. The summed E-state index contributed by atoms with van der Waals surface area (Å²) >= 11 is 1.65. The summed E-state index contributed by atoms with van der Waals surface area (Å²) in [6, 6.07) is 27.7. The largest absolute Gasteiger partial charge is 0.455 e. The van der Waals surface area contributed by atoms with E-state index >= 15 is 0 Å². The molecule has 0 fully saturated rings. The number of thiophene rings is 1. The van der Waals surface area contributed by atoms with Crippen LogP contribution in [0.5, 0.6) is 0 Å². The van der Waals surface area contributed by atoms with Gasteiger partial charge in [-0.15, -0.1) is 11.3 Å². The van der Waals surface area contributed by atoms with E-state index in [-0.39, 0.29) is 61.8 Å². The van der Waals surface area contributed by atoms with E-state index in [2.05, 4.69) is 30.3 Å². The molecule has 0 aliphatic rings. The quantitative estimate of drug-likeness (QED) is 0.192. The van der Waals surface area contributed by atoms with Gasteiger partial charge >= 0.3 is 0 Å². The highest BCUT2D eigenvalue weighted by Gasteiger charge is 2.17. The van der Waals surface area contributed by atoms with Gasteiger partial charge in [0.2, 0.25) is 0 Å². The van der Waals surface area contributed by atoms with E-state index in [1.54, 1.807) is 11.3 Å². The van der Waals surface area contributed by atoms with Crippen molar-refractivity contribution in [1.82, 2.24) is 15.0 Å². The molecular weight excluding hydrogens is 607 g/mol. The first-order valence-corrected chi connectivity index (χ1v) is 16.0. The molecule has 48 heavy (non-hydrogen) atoms. The highest BCUT2D eigenvalue weighted by Crippen LogP contribution is 2.39. The Morgan fingerprint density at radius 2 is 1.19 bits per heavy atom. The molecule has 0 bridgehead atoms. The summed E-state index contributed by atoms with van der Waals surface area (Å²) in [6.45, 7) is 0. The minimum atomic E-state index is -0.558. The first kappa shape index (κ1) is 19.5. The van der Waals surface area contributed by atoms with E-state index < -0.39 is 48.3 Å². The number of benzene rings is 7. The van der Waals surface area contributed by atoms with Crippen LogP contribution in [0, 0.1) is 0 Å². The van der Waals surface area contributed by atoms with Crippen LogP contribution in [0.25, 0.3) is 98.2 Å². The van der Waals surface area contributed by atoms with Crippen LogP contribution in [0.3, 0.4) is 0 Å². The van der Waals surface area contributed by atoms with E-state index in [9.17, 15) is 4.11 Å². The summed E-state index contributed by atoms with van der Waals surface area (Å²) in [7, 11) is 0. The van der Waals surface area contributed by atoms with Gasteiger partial charge in [-0.3, -0.25) is 0 Å². The Balaban J connectivity index is 1.20. The maximum Gasteiger partial charge on any atom is 0.164 e. The molecule has 224 valence electrons. The normalized spacial score (nSPS) is 14.4. The molecule has 4 nitrogen and oxygen atoms in total. The first-order chi connectivity index (χ1) is 27.5. The predicted octanol–water partition coefficient (Wildman–Crippen LogP) is 12.0. The molecule has 0 spiro atoms. The standard InChI is InChI=1S/C43H25N3OS/c1-3-9-26(10-4-1)29-18-22-38-36(23-29)34-20-17-31(25-39(34)48-38)43-45-41(28-12-5-2-6-13-28)44-42(46-43)30-16-19-33-35-21-15-27-11-7-8-14-32(27)40(35)47-37(33)24-30/h1-25H/i7D,8D,11D,14D,15D,16D,19D,21D,24D. The van der Waals surface area contributed by atoms with Crippen molar-refractivity contribution in [1.29, 1.82) is 0 Å². The molecule has 0 radical (unpaired) electrons. The van der Waals surface area contributed by atoms with E-state index in [0.717, 1.165) is 31.3 Å². The Hall–Kier alpha value is -6.17. The van der Waals surface area contributed by atoms with Crippen molar-refractivity contribution in [2.75, 3.05) is 0 Å². The van der Waals surface area contributed by atoms with Crippen LogP contribution < -0.4 is 0 Å². The molecule has 0 unspecified atom stereocenters. The zero-order valence-electron chi connectivity index (χ0n) is 33.9. The molecule has 7 aromatic carbocycles. The molecule has 0 saturated carbocycles. The van der Waals surface area contributed by atoms with Crippen molar-refractivity contribution >= 4 is 64.2 Å². The maximum absolute atomic E-state index is 9.40. The summed E-state index contributed by atoms with van der Waals surface area (Å²) in [5.41, 5.74) is 3.10. The summed E-state index contributed by atoms with van der Waals surface area (Å²) in [4.78, 5) is 14.4. The number of fused-ring (bicyclic) bond motifs is 8. The molecule has 0 amide bonds. The summed E-state index contributed by atoms with van der Waals surface area (Å²) in [5.74, 6) is 0.518.